The second-order valence-electron chi connectivity index (χ2n) is 7.34. The Morgan fingerprint density at radius 2 is 1.67 bits per heavy atom. The van der Waals surface area contributed by atoms with E-state index in [4.69, 9.17) is 14.2 Å². The molecule has 6 nitrogen and oxygen atoms in total. The first-order valence-corrected chi connectivity index (χ1v) is 9.52. The van der Waals surface area contributed by atoms with Crippen LogP contribution in [0.15, 0.2) is 12.1 Å². The maximum Gasteiger partial charge on any atom is 0.263 e. The van der Waals surface area contributed by atoms with Gasteiger partial charge in [0.15, 0.2) is 11.5 Å². The first kappa shape index (κ1) is 21.0. The fourth-order valence-electron chi connectivity index (χ4n) is 2.62. The van der Waals surface area contributed by atoms with Crippen molar-refractivity contribution in [2.24, 2.45) is 0 Å². The fraction of sp³-hybridized carbons (Fsp3) is 0.500. The van der Waals surface area contributed by atoms with Crippen molar-refractivity contribution in [3.05, 3.63) is 33.3 Å². The zero-order valence-electron chi connectivity index (χ0n) is 17.2. The fourth-order valence-corrected chi connectivity index (χ4v) is 3.65. The van der Waals surface area contributed by atoms with E-state index in [0.717, 1.165) is 16.3 Å². The standard InChI is InChI=1S/C20H28N2O4S/c1-11(13-9-14(24-6)16(26-8)15(10-13)25-7)21-18(23)17-12(2)22-19(27-17)20(3,4)5/h9-11H,1-8H3,(H,21,23). The van der Waals surface area contributed by atoms with Gasteiger partial charge in [0.1, 0.15) is 4.88 Å². The molecule has 7 heteroatoms. The van der Waals surface area contributed by atoms with Gasteiger partial charge in [0.05, 0.1) is 38.1 Å². The van der Waals surface area contributed by atoms with Crippen LogP contribution in [0.25, 0.3) is 0 Å². The molecule has 0 fully saturated rings. The van der Waals surface area contributed by atoms with Gasteiger partial charge in [0, 0.05) is 5.41 Å². The summed E-state index contributed by atoms with van der Waals surface area (Å²) in [5.41, 5.74) is 1.52. The highest BCUT2D eigenvalue weighted by Gasteiger charge is 2.24. The number of ether oxygens (including phenoxy) is 3. The number of carbonyl (C=O) groups is 1. The highest BCUT2D eigenvalue weighted by Crippen LogP contribution is 2.39. The number of methoxy groups -OCH3 is 3. The number of nitrogens with zero attached hydrogens (tertiary/aromatic N) is 1. The largest absolute Gasteiger partial charge is 0.493 e. The summed E-state index contributed by atoms with van der Waals surface area (Å²) in [6.45, 7) is 10.0. The topological polar surface area (TPSA) is 69.7 Å². The Kier molecular flexibility index (Phi) is 6.36. The van der Waals surface area contributed by atoms with E-state index < -0.39 is 0 Å². The van der Waals surface area contributed by atoms with E-state index in [2.05, 4.69) is 31.1 Å². The third-order valence-electron chi connectivity index (χ3n) is 4.18. The summed E-state index contributed by atoms with van der Waals surface area (Å²) >= 11 is 1.44. The molecule has 27 heavy (non-hydrogen) atoms. The Bertz CT molecular complexity index is 799. The lowest BCUT2D eigenvalue weighted by molar-refractivity contribution is 0.0943. The van der Waals surface area contributed by atoms with Gasteiger partial charge in [-0.2, -0.15) is 0 Å². The molecule has 1 unspecified atom stereocenters. The van der Waals surface area contributed by atoms with Crippen molar-refractivity contribution < 1.29 is 19.0 Å². The summed E-state index contributed by atoms with van der Waals surface area (Å²) < 4.78 is 16.1. The van der Waals surface area contributed by atoms with Crippen molar-refractivity contribution in [1.29, 1.82) is 0 Å². The Labute approximate surface area is 164 Å². The van der Waals surface area contributed by atoms with Crippen LogP contribution in [0.5, 0.6) is 17.2 Å². The summed E-state index contributed by atoms with van der Waals surface area (Å²) in [4.78, 5) is 18.0. The molecule has 1 aromatic heterocycles. The van der Waals surface area contributed by atoms with Crippen molar-refractivity contribution in [3.63, 3.8) is 0 Å². The molecule has 1 heterocycles. The highest BCUT2D eigenvalue weighted by molar-refractivity contribution is 7.14. The summed E-state index contributed by atoms with van der Waals surface area (Å²) in [6.07, 6.45) is 0. The Morgan fingerprint density at radius 1 is 1.11 bits per heavy atom. The van der Waals surface area contributed by atoms with Gasteiger partial charge in [-0.1, -0.05) is 20.8 Å². The van der Waals surface area contributed by atoms with Crippen LogP contribution in [0, 0.1) is 6.92 Å². The lowest BCUT2D eigenvalue weighted by Crippen LogP contribution is -2.26. The third kappa shape index (κ3) is 4.53. The number of hydrogen-bond acceptors (Lipinski definition) is 6. The number of thiazole rings is 1. The van der Waals surface area contributed by atoms with Crippen molar-refractivity contribution >= 4 is 17.2 Å². The van der Waals surface area contributed by atoms with Gasteiger partial charge in [-0.25, -0.2) is 4.98 Å². The van der Waals surface area contributed by atoms with Gasteiger partial charge in [0.25, 0.3) is 5.91 Å². The van der Waals surface area contributed by atoms with E-state index in [-0.39, 0.29) is 17.4 Å². The molecule has 0 saturated heterocycles. The Morgan fingerprint density at radius 3 is 2.07 bits per heavy atom. The predicted octanol–water partition coefficient (Wildman–Crippen LogP) is 4.27. The number of benzene rings is 1. The molecule has 0 spiro atoms. The van der Waals surface area contributed by atoms with E-state index in [1.807, 2.05) is 26.0 Å². The van der Waals surface area contributed by atoms with E-state index >= 15 is 0 Å². The molecule has 1 atom stereocenters. The molecule has 2 rings (SSSR count). The predicted molar refractivity (Wildman–Crippen MR) is 108 cm³/mol. The second kappa shape index (κ2) is 8.17. The zero-order valence-corrected chi connectivity index (χ0v) is 18.0. The van der Waals surface area contributed by atoms with Crippen LogP contribution in [-0.2, 0) is 5.41 Å². The molecule has 1 aromatic carbocycles. The maximum absolute atomic E-state index is 12.8. The van der Waals surface area contributed by atoms with Crippen molar-refractivity contribution in [2.45, 2.75) is 46.1 Å². The molecule has 2 aromatic rings. The van der Waals surface area contributed by atoms with Crippen LogP contribution in [0.3, 0.4) is 0 Å². The minimum atomic E-state index is -0.245. The Balaban J connectivity index is 2.28. The zero-order chi connectivity index (χ0) is 20.4. The minimum Gasteiger partial charge on any atom is -0.493 e. The normalized spacial score (nSPS) is 12.4. The van der Waals surface area contributed by atoms with Gasteiger partial charge in [-0.05, 0) is 31.5 Å². The summed E-state index contributed by atoms with van der Waals surface area (Å²) in [6, 6.07) is 3.43. The van der Waals surface area contributed by atoms with Crippen LogP contribution in [0.1, 0.15) is 59.7 Å². The van der Waals surface area contributed by atoms with E-state index in [1.54, 1.807) is 21.3 Å². The molecule has 1 amide bonds. The molecule has 0 aliphatic rings. The molecule has 0 aliphatic heterocycles. The van der Waals surface area contributed by atoms with Gasteiger partial charge in [-0.3, -0.25) is 4.79 Å². The minimum absolute atomic E-state index is 0.0870. The molecule has 1 N–H and O–H groups in total. The maximum atomic E-state index is 12.8. The lowest BCUT2D eigenvalue weighted by atomic mass is 9.98. The molecule has 0 bridgehead atoms. The Hall–Kier alpha value is -2.28. The van der Waals surface area contributed by atoms with Gasteiger partial charge < -0.3 is 19.5 Å². The summed E-state index contributed by atoms with van der Waals surface area (Å²) in [7, 11) is 4.70. The van der Waals surface area contributed by atoms with Gasteiger partial charge in [0.2, 0.25) is 5.75 Å². The van der Waals surface area contributed by atoms with E-state index in [1.165, 1.54) is 11.3 Å². The van der Waals surface area contributed by atoms with Crippen molar-refractivity contribution in [1.82, 2.24) is 10.3 Å². The van der Waals surface area contributed by atoms with Gasteiger partial charge in [-0.15, -0.1) is 11.3 Å². The number of aromatic nitrogens is 1. The average molecular weight is 393 g/mol. The van der Waals surface area contributed by atoms with Crippen LogP contribution in [-0.4, -0.2) is 32.2 Å². The molecule has 0 radical (unpaired) electrons. The van der Waals surface area contributed by atoms with E-state index in [0.29, 0.717) is 22.1 Å². The van der Waals surface area contributed by atoms with Crippen molar-refractivity contribution in [2.75, 3.05) is 21.3 Å². The molecule has 0 saturated carbocycles. The number of carbonyl (C=O) groups excluding carboxylic acids is 1. The van der Waals surface area contributed by atoms with Crippen LogP contribution >= 0.6 is 11.3 Å². The molecular formula is C20H28N2O4S. The second-order valence-corrected chi connectivity index (χ2v) is 8.34. The van der Waals surface area contributed by atoms with Crippen LogP contribution in [0.2, 0.25) is 0 Å². The summed E-state index contributed by atoms with van der Waals surface area (Å²) in [5, 5.41) is 3.99. The first-order valence-electron chi connectivity index (χ1n) is 8.71. The van der Waals surface area contributed by atoms with Gasteiger partial charge >= 0.3 is 0 Å². The van der Waals surface area contributed by atoms with Crippen LogP contribution < -0.4 is 19.5 Å². The van der Waals surface area contributed by atoms with Crippen LogP contribution in [0.4, 0.5) is 0 Å². The number of rotatable bonds is 6. The van der Waals surface area contributed by atoms with Crippen molar-refractivity contribution in [3.8, 4) is 17.2 Å². The lowest BCUT2D eigenvalue weighted by Gasteiger charge is -2.18. The SMILES string of the molecule is COc1cc(C(C)NC(=O)c2sc(C(C)(C)C)nc2C)cc(OC)c1OC. The molecule has 148 valence electrons. The molecule has 0 aliphatic carbocycles. The average Bonchev–Trinajstić information content (AvgIpc) is 3.02. The number of amides is 1. The smallest absolute Gasteiger partial charge is 0.263 e. The molecular weight excluding hydrogens is 364 g/mol. The number of hydrogen-bond donors (Lipinski definition) is 1. The number of nitrogens with one attached hydrogen (secondary N) is 1. The third-order valence-corrected chi connectivity index (χ3v) is 5.76. The first-order chi connectivity index (χ1) is 12.6. The van der Waals surface area contributed by atoms with E-state index in [9.17, 15) is 4.79 Å². The summed E-state index contributed by atoms with van der Waals surface area (Å²) in [5.74, 6) is 1.49. The quantitative estimate of drug-likeness (QED) is 0.795. The highest BCUT2D eigenvalue weighted by atomic mass is 32.1. The number of aryl methyl sites for hydroxylation is 1. The monoisotopic (exact) mass is 392 g/mol.